The third kappa shape index (κ3) is 4.71. The van der Waals surface area contributed by atoms with Crippen molar-refractivity contribution in [3.8, 4) is 0 Å². The number of hydrogen-bond donors (Lipinski definition) is 1. The third-order valence-electron chi connectivity index (χ3n) is 4.05. The fraction of sp³-hybridized carbons (Fsp3) is 0.400. The molecule has 1 nitrogen and oxygen atoms in total. The van der Waals surface area contributed by atoms with Crippen LogP contribution in [-0.4, -0.2) is 6.54 Å². The summed E-state index contributed by atoms with van der Waals surface area (Å²) in [7, 11) is 0. The number of aryl methyl sites for hydroxylation is 3. The van der Waals surface area contributed by atoms with Crippen molar-refractivity contribution < 1.29 is 0 Å². The van der Waals surface area contributed by atoms with Gasteiger partial charge in [0.05, 0.1) is 0 Å². The lowest BCUT2D eigenvalue weighted by molar-refractivity contribution is 0.497. The number of benzene rings is 2. The van der Waals surface area contributed by atoms with Gasteiger partial charge in [-0.3, -0.25) is 0 Å². The van der Waals surface area contributed by atoms with E-state index in [0.29, 0.717) is 6.04 Å². The van der Waals surface area contributed by atoms with Crippen molar-refractivity contribution >= 4 is 0 Å². The first-order valence-corrected chi connectivity index (χ1v) is 8.05. The molecule has 0 aromatic heterocycles. The van der Waals surface area contributed by atoms with Gasteiger partial charge in [-0.15, -0.1) is 0 Å². The number of nitrogens with one attached hydrogen (secondary N) is 1. The molecule has 0 fully saturated rings. The lowest BCUT2D eigenvalue weighted by Gasteiger charge is -2.21. The van der Waals surface area contributed by atoms with Crippen LogP contribution in [0.25, 0.3) is 0 Å². The molecule has 0 heterocycles. The summed E-state index contributed by atoms with van der Waals surface area (Å²) in [6.45, 7) is 7.65. The first kappa shape index (κ1) is 15.8. The van der Waals surface area contributed by atoms with E-state index < -0.39 is 0 Å². The molecule has 0 saturated carbocycles. The zero-order chi connectivity index (χ0) is 15.1. The molecule has 0 amide bonds. The van der Waals surface area contributed by atoms with Crippen molar-refractivity contribution in [2.24, 2.45) is 0 Å². The maximum atomic E-state index is 3.71. The lowest BCUT2D eigenvalue weighted by atomic mass is 9.95. The molecule has 0 spiro atoms. The Hall–Kier alpha value is -1.60. The summed E-state index contributed by atoms with van der Waals surface area (Å²) in [5.74, 6) is 0. The SMILES string of the molecule is CCCNC(CCc1ccc(C)cc1)c1ccccc1C. The molecule has 2 rings (SSSR count). The van der Waals surface area contributed by atoms with E-state index in [1.165, 1.54) is 28.7 Å². The van der Waals surface area contributed by atoms with Crippen LogP contribution in [-0.2, 0) is 6.42 Å². The Morgan fingerprint density at radius 3 is 2.33 bits per heavy atom. The Kier molecular flexibility index (Phi) is 6.01. The van der Waals surface area contributed by atoms with E-state index in [1.54, 1.807) is 0 Å². The molecule has 1 atom stereocenters. The normalized spacial score (nSPS) is 12.3. The van der Waals surface area contributed by atoms with Gasteiger partial charge in [0.15, 0.2) is 0 Å². The summed E-state index contributed by atoms with van der Waals surface area (Å²) in [6, 6.07) is 18.1. The molecule has 2 aromatic carbocycles. The van der Waals surface area contributed by atoms with Gasteiger partial charge in [-0.2, -0.15) is 0 Å². The average molecular weight is 281 g/mol. The highest BCUT2D eigenvalue weighted by atomic mass is 14.9. The molecule has 0 radical (unpaired) electrons. The molecule has 0 bridgehead atoms. The van der Waals surface area contributed by atoms with Gasteiger partial charge in [0, 0.05) is 6.04 Å². The predicted octanol–water partition coefficient (Wildman–Crippen LogP) is 4.98. The third-order valence-corrected chi connectivity index (χ3v) is 4.05. The Balaban J connectivity index is 2.06. The van der Waals surface area contributed by atoms with Crippen LogP contribution in [0.4, 0.5) is 0 Å². The van der Waals surface area contributed by atoms with Crippen LogP contribution in [0.15, 0.2) is 48.5 Å². The van der Waals surface area contributed by atoms with Gasteiger partial charge in [0.2, 0.25) is 0 Å². The Bertz CT molecular complexity index is 542. The second-order valence-corrected chi connectivity index (χ2v) is 5.89. The highest BCUT2D eigenvalue weighted by Gasteiger charge is 2.12. The summed E-state index contributed by atoms with van der Waals surface area (Å²) in [6.07, 6.45) is 3.44. The van der Waals surface area contributed by atoms with Gasteiger partial charge in [0.25, 0.3) is 0 Å². The van der Waals surface area contributed by atoms with Crippen molar-refractivity contribution in [3.63, 3.8) is 0 Å². The fourth-order valence-electron chi connectivity index (χ4n) is 2.73. The van der Waals surface area contributed by atoms with E-state index in [-0.39, 0.29) is 0 Å². The monoisotopic (exact) mass is 281 g/mol. The number of hydrogen-bond acceptors (Lipinski definition) is 1. The van der Waals surface area contributed by atoms with Gasteiger partial charge >= 0.3 is 0 Å². The van der Waals surface area contributed by atoms with Crippen molar-refractivity contribution in [2.75, 3.05) is 6.54 Å². The van der Waals surface area contributed by atoms with Gasteiger partial charge in [-0.25, -0.2) is 0 Å². The molecule has 0 aliphatic rings. The van der Waals surface area contributed by atoms with Crippen LogP contribution in [0.1, 0.15) is 48.1 Å². The van der Waals surface area contributed by atoms with Gasteiger partial charge < -0.3 is 5.32 Å². The maximum absolute atomic E-state index is 3.71. The maximum Gasteiger partial charge on any atom is 0.0326 e. The molecular formula is C20H27N. The van der Waals surface area contributed by atoms with E-state index >= 15 is 0 Å². The van der Waals surface area contributed by atoms with Crippen LogP contribution in [0.3, 0.4) is 0 Å². The Morgan fingerprint density at radius 2 is 1.67 bits per heavy atom. The predicted molar refractivity (Wildman–Crippen MR) is 91.7 cm³/mol. The van der Waals surface area contributed by atoms with Crippen molar-refractivity contribution in [3.05, 3.63) is 70.8 Å². The van der Waals surface area contributed by atoms with Gasteiger partial charge in [-0.1, -0.05) is 61.0 Å². The average Bonchev–Trinajstić information content (AvgIpc) is 2.50. The smallest absolute Gasteiger partial charge is 0.0326 e. The lowest BCUT2D eigenvalue weighted by Crippen LogP contribution is -2.23. The molecule has 21 heavy (non-hydrogen) atoms. The van der Waals surface area contributed by atoms with Gasteiger partial charge in [-0.05, 0) is 56.3 Å². The molecule has 0 saturated heterocycles. The highest BCUT2D eigenvalue weighted by molar-refractivity contribution is 5.29. The standard InChI is InChI=1S/C20H27N/c1-4-15-21-20(19-8-6-5-7-17(19)3)14-13-18-11-9-16(2)10-12-18/h5-12,20-21H,4,13-15H2,1-3H3. The van der Waals surface area contributed by atoms with Crippen LogP contribution in [0.5, 0.6) is 0 Å². The molecule has 1 heteroatoms. The van der Waals surface area contributed by atoms with Crippen molar-refractivity contribution in [1.82, 2.24) is 5.32 Å². The highest BCUT2D eigenvalue weighted by Crippen LogP contribution is 2.22. The minimum Gasteiger partial charge on any atom is -0.310 e. The van der Waals surface area contributed by atoms with E-state index in [0.717, 1.165) is 19.4 Å². The number of rotatable bonds is 7. The quantitative estimate of drug-likeness (QED) is 0.755. The van der Waals surface area contributed by atoms with Crippen LogP contribution in [0, 0.1) is 13.8 Å². The van der Waals surface area contributed by atoms with E-state index in [4.69, 9.17) is 0 Å². The molecule has 1 N–H and O–H groups in total. The van der Waals surface area contributed by atoms with Crippen molar-refractivity contribution in [2.45, 2.75) is 46.1 Å². The van der Waals surface area contributed by atoms with Crippen LogP contribution >= 0.6 is 0 Å². The summed E-state index contributed by atoms with van der Waals surface area (Å²) in [5.41, 5.74) is 5.59. The largest absolute Gasteiger partial charge is 0.310 e. The topological polar surface area (TPSA) is 12.0 Å². The van der Waals surface area contributed by atoms with Crippen molar-refractivity contribution in [1.29, 1.82) is 0 Å². The van der Waals surface area contributed by atoms with E-state index in [1.807, 2.05) is 0 Å². The summed E-state index contributed by atoms with van der Waals surface area (Å²) >= 11 is 0. The second-order valence-electron chi connectivity index (χ2n) is 5.89. The minimum absolute atomic E-state index is 0.451. The zero-order valence-electron chi connectivity index (χ0n) is 13.5. The molecule has 2 aromatic rings. The Morgan fingerprint density at radius 1 is 0.952 bits per heavy atom. The summed E-state index contributed by atoms with van der Waals surface area (Å²) < 4.78 is 0. The summed E-state index contributed by atoms with van der Waals surface area (Å²) in [4.78, 5) is 0. The molecule has 0 aliphatic carbocycles. The molecular weight excluding hydrogens is 254 g/mol. The fourth-order valence-corrected chi connectivity index (χ4v) is 2.73. The van der Waals surface area contributed by atoms with Crippen LogP contribution in [0.2, 0.25) is 0 Å². The first-order chi connectivity index (χ1) is 10.2. The molecule has 0 aliphatic heterocycles. The van der Waals surface area contributed by atoms with Gasteiger partial charge in [0.1, 0.15) is 0 Å². The summed E-state index contributed by atoms with van der Waals surface area (Å²) in [5, 5.41) is 3.71. The van der Waals surface area contributed by atoms with Crippen LogP contribution < -0.4 is 5.32 Å². The molecule has 112 valence electrons. The zero-order valence-corrected chi connectivity index (χ0v) is 13.5. The Labute approximate surface area is 129 Å². The first-order valence-electron chi connectivity index (χ1n) is 8.05. The second kappa shape index (κ2) is 7.99. The molecule has 1 unspecified atom stereocenters. The van der Waals surface area contributed by atoms with E-state index in [9.17, 15) is 0 Å². The van der Waals surface area contributed by atoms with E-state index in [2.05, 4.69) is 74.6 Å². The minimum atomic E-state index is 0.451.